The molecule has 0 radical (unpaired) electrons. The van der Waals surface area contributed by atoms with Crippen molar-refractivity contribution in [2.45, 2.75) is 10.2 Å². The van der Waals surface area contributed by atoms with Crippen LogP contribution in [0.1, 0.15) is 5.56 Å². The molecule has 2 heterocycles. The number of nitrogens with zero attached hydrogens (tertiary/aromatic N) is 4. The minimum Gasteiger partial charge on any atom is -0.273 e. The van der Waals surface area contributed by atoms with Crippen LogP contribution in [0.25, 0.3) is 0 Å². The van der Waals surface area contributed by atoms with Gasteiger partial charge in [-0.25, -0.2) is 14.9 Å². The zero-order chi connectivity index (χ0) is 11.5. The van der Waals surface area contributed by atoms with E-state index in [1.165, 1.54) is 22.5 Å². The fraction of sp³-hybridized carbons (Fsp3) is 0.111. The molecular weight excluding hydrogens is 226 g/mol. The summed E-state index contributed by atoms with van der Waals surface area (Å²) in [5.41, 5.74) is 0.233. The smallest absolute Gasteiger partial charge is 0.273 e. The van der Waals surface area contributed by atoms with Gasteiger partial charge in [0.2, 0.25) is 0 Å². The van der Waals surface area contributed by atoms with Gasteiger partial charge in [0.05, 0.1) is 5.56 Å². The molecule has 0 spiro atoms. The fourth-order valence-corrected chi connectivity index (χ4v) is 1.76. The Bertz CT molecular complexity index is 592. The van der Waals surface area contributed by atoms with Gasteiger partial charge < -0.3 is 0 Å². The van der Waals surface area contributed by atoms with Gasteiger partial charge in [0, 0.05) is 13.2 Å². The molecule has 0 aliphatic heterocycles. The van der Waals surface area contributed by atoms with Crippen LogP contribution in [0.3, 0.4) is 0 Å². The first-order valence-corrected chi connectivity index (χ1v) is 5.18. The highest BCUT2D eigenvalue weighted by Gasteiger charge is 2.06. The molecule has 6 nitrogen and oxygen atoms in total. The second-order valence-corrected chi connectivity index (χ2v) is 3.96. The van der Waals surface area contributed by atoms with E-state index in [1.807, 2.05) is 6.07 Å². The number of nitriles is 1. The van der Waals surface area contributed by atoms with Crippen LogP contribution in [0.15, 0.2) is 33.3 Å². The van der Waals surface area contributed by atoms with Crippen molar-refractivity contribution in [3.63, 3.8) is 0 Å². The largest absolute Gasteiger partial charge is 0.343 e. The maximum atomic E-state index is 11.1. The number of hydrogen-bond donors (Lipinski definition) is 1. The Balaban J connectivity index is 2.24. The minimum absolute atomic E-state index is 0.267. The molecule has 0 aliphatic carbocycles. The van der Waals surface area contributed by atoms with Crippen molar-refractivity contribution in [2.75, 3.05) is 0 Å². The van der Waals surface area contributed by atoms with Gasteiger partial charge in [0.25, 0.3) is 0 Å². The van der Waals surface area contributed by atoms with Crippen molar-refractivity contribution in [2.24, 2.45) is 7.05 Å². The summed E-state index contributed by atoms with van der Waals surface area (Å²) < 4.78 is 1.39. The van der Waals surface area contributed by atoms with Crippen LogP contribution >= 0.6 is 11.8 Å². The number of aromatic amines is 1. The Morgan fingerprint density at radius 1 is 1.56 bits per heavy atom. The first kappa shape index (κ1) is 10.4. The van der Waals surface area contributed by atoms with Gasteiger partial charge in [0.1, 0.15) is 11.1 Å². The maximum absolute atomic E-state index is 11.1. The van der Waals surface area contributed by atoms with Gasteiger partial charge in [-0.05, 0) is 23.9 Å². The third kappa shape index (κ3) is 1.97. The predicted octanol–water partition coefficient (Wildman–Crippen LogP) is 0.526. The second-order valence-electron chi connectivity index (χ2n) is 2.97. The third-order valence-electron chi connectivity index (χ3n) is 1.90. The molecule has 80 valence electrons. The highest BCUT2D eigenvalue weighted by atomic mass is 32.2. The van der Waals surface area contributed by atoms with Crippen molar-refractivity contribution < 1.29 is 0 Å². The monoisotopic (exact) mass is 233 g/mol. The highest BCUT2D eigenvalue weighted by molar-refractivity contribution is 7.99. The topological polar surface area (TPSA) is 87.4 Å². The Morgan fingerprint density at radius 2 is 2.38 bits per heavy atom. The second kappa shape index (κ2) is 4.20. The number of H-pyrrole nitrogens is 1. The fourth-order valence-electron chi connectivity index (χ4n) is 1.02. The van der Waals surface area contributed by atoms with Gasteiger partial charge in [-0.2, -0.15) is 5.26 Å². The van der Waals surface area contributed by atoms with Crippen LogP contribution < -0.4 is 5.69 Å². The Hall–Kier alpha value is -2.07. The van der Waals surface area contributed by atoms with Crippen LogP contribution in [0.2, 0.25) is 0 Å². The number of aromatic nitrogens is 4. The van der Waals surface area contributed by atoms with E-state index in [0.29, 0.717) is 15.7 Å². The third-order valence-corrected chi connectivity index (χ3v) is 2.90. The van der Waals surface area contributed by atoms with Crippen LogP contribution in [-0.2, 0) is 7.05 Å². The molecule has 0 saturated carbocycles. The van der Waals surface area contributed by atoms with E-state index in [9.17, 15) is 4.79 Å². The minimum atomic E-state index is -0.267. The summed E-state index contributed by atoms with van der Waals surface area (Å²) in [6.07, 6.45) is 1.48. The molecule has 2 rings (SSSR count). The predicted molar refractivity (Wildman–Crippen MR) is 56.9 cm³/mol. The van der Waals surface area contributed by atoms with Gasteiger partial charge >= 0.3 is 5.69 Å². The first-order valence-electron chi connectivity index (χ1n) is 4.36. The van der Waals surface area contributed by atoms with E-state index in [-0.39, 0.29) is 5.69 Å². The van der Waals surface area contributed by atoms with Crippen LogP contribution in [-0.4, -0.2) is 19.7 Å². The molecular formula is C9H7N5OS. The summed E-state index contributed by atoms with van der Waals surface area (Å²) in [5, 5.41) is 16.0. The zero-order valence-corrected chi connectivity index (χ0v) is 9.15. The molecule has 0 fully saturated rings. The van der Waals surface area contributed by atoms with Crippen molar-refractivity contribution >= 4 is 11.8 Å². The molecule has 2 aromatic rings. The average molecular weight is 233 g/mol. The summed E-state index contributed by atoms with van der Waals surface area (Å²) in [4.78, 5) is 15.2. The molecule has 2 aromatic heterocycles. The van der Waals surface area contributed by atoms with E-state index in [0.717, 1.165) is 0 Å². The van der Waals surface area contributed by atoms with Crippen LogP contribution in [0.4, 0.5) is 0 Å². The molecule has 1 N–H and O–H groups in total. The summed E-state index contributed by atoms with van der Waals surface area (Å²) in [6.45, 7) is 0. The lowest BCUT2D eigenvalue weighted by molar-refractivity contribution is 0.764. The highest BCUT2D eigenvalue weighted by Crippen LogP contribution is 2.21. The number of hydrogen-bond acceptors (Lipinski definition) is 5. The molecule has 0 bridgehead atoms. The zero-order valence-electron chi connectivity index (χ0n) is 8.34. The van der Waals surface area contributed by atoms with Gasteiger partial charge in [-0.15, -0.1) is 5.10 Å². The quantitative estimate of drug-likeness (QED) is 0.817. The van der Waals surface area contributed by atoms with E-state index in [1.54, 1.807) is 19.2 Å². The van der Waals surface area contributed by atoms with E-state index in [4.69, 9.17) is 5.26 Å². The normalized spacial score (nSPS) is 10.0. The number of rotatable bonds is 2. The Morgan fingerprint density at radius 3 is 2.88 bits per heavy atom. The molecule has 0 aromatic carbocycles. The summed E-state index contributed by atoms with van der Waals surface area (Å²) in [7, 11) is 1.62. The van der Waals surface area contributed by atoms with Crippen molar-refractivity contribution in [1.29, 1.82) is 5.26 Å². The van der Waals surface area contributed by atoms with Gasteiger partial charge in [-0.3, -0.25) is 4.57 Å². The van der Waals surface area contributed by atoms with E-state index >= 15 is 0 Å². The molecule has 0 aliphatic rings. The van der Waals surface area contributed by atoms with Crippen LogP contribution in [0.5, 0.6) is 0 Å². The van der Waals surface area contributed by atoms with Crippen molar-refractivity contribution in [3.8, 4) is 6.07 Å². The van der Waals surface area contributed by atoms with Crippen molar-refractivity contribution in [3.05, 3.63) is 34.4 Å². The summed E-state index contributed by atoms with van der Waals surface area (Å²) in [5.74, 6) is 0. The van der Waals surface area contributed by atoms with E-state index < -0.39 is 0 Å². The van der Waals surface area contributed by atoms with Gasteiger partial charge in [0.15, 0.2) is 5.16 Å². The molecule has 0 unspecified atom stereocenters. The summed E-state index contributed by atoms with van der Waals surface area (Å²) in [6, 6.07) is 5.36. The molecule has 0 saturated heterocycles. The Labute approximate surface area is 94.9 Å². The summed E-state index contributed by atoms with van der Waals surface area (Å²) >= 11 is 1.25. The molecule has 0 amide bonds. The Kier molecular flexibility index (Phi) is 2.74. The standard InChI is InChI=1S/C9H7N5OS/c1-14-8(15)12-13-9(14)16-7-3-2-6(4-10)5-11-7/h2-3,5H,1H3,(H,12,15). The molecule has 7 heteroatoms. The van der Waals surface area contributed by atoms with Gasteiger partial charge in [-0.1, -0.05) is 0 Å². The lowest BCUT2D eigenvalue weighted by Gasteiger charge is -1.98. The van der Waals surface area contributed by atoms with E-state index in [2.05, 4.69) is 15.2 Å². The maximum Gasteiger partial charge on any atom is 0.343 e. The number of nitrogens with one attached hydrogen (secondary N) is 1. The first-order chi connectivity index (χ1) is 7.70. The lowest BCUT2D eigenvalue weighted by Crippen LogP contribution is -2.12. The van der Waals surface area contributed by atoms with Crippen LogP contribution in [0, 0.1) is 11.3 Å². The number of pyridine rings is 1. The molecule has 16 heavy (non-hydrogen) atoms. The average Bonchev–Trinajstić information content (AvgIpc) is 2.62. The van der Waals surface area contributed by atoms with Crippen molar-refractivity contribution in [1.82, 2.24) is 19.7 Å². The SMILES string of the molecule is Cn1c(Sc2ccc(C#N)cn2)n[nH]c1=O. The lowest BCUT2D eigenvalue weighted by atomic mass is 10.3. The molecule has 0 atom stereocenters.